The molecule has 6 nitrogen and oxygen atoms in total. The van der Waals surface area contributed by atoms with Crippen LogP contribution < -0.4 is 15.0 Å². The zero-order chi connectivity index (χ0) is 20.5. The molecule has 0 spiro atoms. The van der Waals surface area contributed by atoms with Crippen molar-refractivity contribution < 1.29 is 14.6 Å². The summed E-state index contributed by atoms with van der Waals surface area (Å²) in [5, 5.41) is 22.3. The van der Waals surface area contributed by atoms with Gasteiger partial charge in [0.05, 0.1) is 6.61 Å². The number of ether oxygens (including phenoxy) is 1. The third-order valence-corrected chi connectivity index (χ3v) is 4.23. The molecule has 6 heteroatoms. The highest BCUT2D eigenvalue weighted by molar-refractivity contribution is 6.09. The summed E-state index contributed by atoms with van der Waals surface area (Å²) in [6, 6.07) is 14.0. The van der Waals surface area contributed by atoms with Crippen LogP contribution in [-0.4, -0.2) is 30.7 Å². The lowest BCUT2D eigenvalue weighted by molar-refractivity contribution is -0.112. The Morgan fingerprint density at radius 1 is 1.18 bits per heavy atom. The quantitative estimate of drug-likeness (QED) is 0.531. The number of phenols is 1. The second kappa shape index (κ2) is 10.0. The summed E-state index contributed by atoms with van der Waals surface area (Å²) in [6.07, 6.45) is 1.38. The van der Waals surface area contributed by atoms with Gasteiger partial charge in [-0.25, -0.2) is 0 Å². The Balaban J connectivity index is 2.18. The first-order chi connectivity index (χ1) is 13.5. The van der Waals surface area contributed by atoms with E-state index in [0.29, 0.717) is 23.6 Å². The number of nitriles is 1. The summed E-state index contributed by atoms with van der Waals surface area (Å²) in [5.74, 6) is 0.180. The van der Waals surface area contributed by atoms with Gasteiger partial charge in [0.2, 0.25) is 0 Å². The first-order valence-corrected chi connectivity index (χ1v) is 9.26. The molecular weight excluding hydrogens is 354 g/mol. The number of amides is 1. The van der Waals surface area contributed by atoms with Gasteiger partial charge in [0.15, 0.2) is 0 Å². The predicted molar refractivity (Wildman–Crippen MR) is 111 cm³/mol. The van der Waals surface area contributed by atoms with E-state index in [1.54, 1.807) is 36.4 Å². The zero-order valence-electron chi connectivity index (χ0n) is 16.4. The molecule has 0 aliphatic carbocycles. The topological polar surface area (TPSA) is 85.6 Å². The van der Waals surface area contributed by atoms with Gasteiger partial charge < -0.3 is 20.1 Å². The Morgan fingerprint density at radius 3 is 2.39 bits per heavy atom. The number of nitrogens with zero attached hydrogens (tertiary/aromatic N) is 2. The average Bonchev–Trinajstić information content (AvgIpc) is 2.70. The number of carbonyl (C=O) groups excluding carboxylic acids is 1. The van der Waals surface area contributed by atoms with Gasteiger partial charge in [-0.2, -0.15) is 5.26 Å². The Bertz CT molecular complexity index is 879. The molecule has 0 aromatic heterocycles. The Labute approximate surface area is 165 Å². The van der Waals surface area contributed by atoms with Gasteiger partial charge in [0, 0.05) is 36.1 Å². The molecule has 0 radical (unpaired) electrons. The van der Waals surface area contributed by atoms with Crippen molar-refractivity contribution >= 4 is 23.4 Å². The van der Waals surface area contributed by atoms with E-state index < -0.39 is 5.91 Å². The number of benzene rings is 2. The summed E-state index contributed by atoms with van der Waals surface area (Å²) in [5.41, 5.74) is 1.75. The lowest BCUT2D eigenvalue weighted by atomic mass is 10.1. The molecule has 146 valence electrons. The van der Waals surface area contributed by atoms with Crippen molar-refractivity contribution in [2.75, 3.05) is 29.9 Å². The molecule has 2 aromatic carbocycles. The van der Waals surface area contributed by atoms with Crippen LogP contribution in [0.4, 0.5) is 11.4 Å². The van der Waals surface area contributed by atoms with Gasteiger partial charge in [-0.3, -0.25) is 4.79 Å². The van der Waals surface area contributed by atoms with Crippen LogP contribution in [0.5, 0.6) is 11.5 Å². The van der Waals surface area contributed by atoms with E-state index in [2.05, 4.69) is 10.2 Å². The van der Waals surface area contributed by atoms with Gasteiger partial charge in [-0.05, 0) is 63.2 Å². The number of aromatic hydroxyl groups is 1. The Kier molecular flexibility index (Phi) is 7.46. The maximum atomic E-state index is 12.4. The normalized spacial score (nSPS) is 10.9. The zero-order valence-corrected chi connectivity index (χ0v) is 16.4. The molecule has 0 aliphatic rings. The van der Waals surface area contributed by atoms with Crippen LogP contribution in [0.2, 0.25) is 0 Å². The molecule has 28 heavy (non-hydrogen) atoms. The second-order valence-corrected chi connectivity index (χ2v) is 6.00. The minimum absolute atomic E-state index is 0.0195. The third kappa shape index (κ3) is 5.27. The number of hydrogen-bond donors (Lipinski definition) is 2. The van der Waals surface area contributed by atoms with Gasteiger partial charge in [-0.15, -0.1) is 0 Å². The molecule has 0 saturated carbocycles. The van der Waals surface area contributed by atoms with E-state index in [1.165, 1.54) is 6.08 Å². The number of anilines is 2. The molecule has 2 N–H and O–H groups in total. The smallest absolute Gasteiger partial charge is 0.266 e. The Morgan fingerprint density at radius 2 is 1.86 bits per heavy atom. The third-order valence-electron chi connectivity index (χ3n) is 4.23. The van der Waals surface area contributed by atoms with Gasteiger partial charge >= 0.3 is 0 Å². The van der Waals surface area contributed by atoms with E-state index in [1.807, 2.05) is 32.9 Å². The minimum Gasteiger partial charge on any atom is -0.507 e. The van der Waals surface area contributed by atoms with Gasteiger partial charge in [0.25, 0.3) is 5.91 Å². The van der Waals surface area contributed by atoms with E-state index in [0.717, 1.165) is 18.8 Å². The predicted octanol–water partition coefficient (Wildman–Crippen LogP) is 4.18. The van der Waals surface area contributed by atoms with Gasteiger partial charge in [0.1, 0.15) is 23.1 Å². The van der Waals surface area contributed by atoms with E-state index in [-0.39, 0.29) is 11.3 Å². The number of nitrogens with one attached hydrogen (secondary N) is 1. The van der Waals surface area contributed by atoms with Crippen LogP contribution in [0.1, 0.15) is 26.3 Å². The molecule has 0 heterocycles. The summed E-state index contributed by atoms with van der Waals surface area (Å²) in [6.45, 7) is 8.16. The van der Waals surface area contributed by atoms with E-state index in [9.17, 15) is 15.2 Å². The number of phenolic OH excluding ortho intramolecular Hbond substituents is 1. The molecule has 1 amide bonds. The summed E-state index contributed by atoms with van der Waals surface area (Å²) in [7, 11) is 0. The van der Waals surface area contributed by atoms with E-state index in [4.69, 9.17) is 4.74 Å². The molecule has 2 rings (SSSR count). The monoisotopic (exact) mass is 379 g/mol. The first-order valence-electron chi connectivity index (χ1n) is 9.26. The summed E-state index contributed by atoms with van der Waals surface area (Å²) >= 11 is 0. The fourth-order valence-corrected chi connectivity index (χ4v) is 2.74. The maximum Gasteiger partial charge on any atom is 0.266 e. The number of hydrogen-bond acceptors (Lipinski definition) is 5. The highest BCUT2D eigenvalue weighted by Gasteiger charge is 2.12. The van der Waals surface area contributed by atoms with Crippen molar-refractivity contribution in [2.45, 2.75) is 20.8 Å². The average molecular weight is 379 g/mol. The van der Waals surface area contributed by atoms with Gasteiger partial charge in [-0.1, -0.05) is 0 Å². The SMILES string of the molecule is CCOc1ccc(NC(=O)/C(C#N)=C\c2ccc(N(CC)CC)cc2O)cc1. The van der Waals surface area contributed by atoms with Crippen LogP contribution in [0.3, 0.4) is 0 Å². The highest BCUT2D eigenvalue weighted by Crippen LogP contribution is 2.27. The van der Waals surface area contributed by atoms with Crippen LogP contribution in [-0.2, 0) is 4.79 Å². The molecular formula is C22H25N3O3. The lowest BCUT2D eigenvalue weighted by Gasteiger charge is -2.21. The molecule has 0 saturated heterocycles. The molecule has 2 aromatic rings. The van der Waals surface area contributed by atoms with Crippen molar-refractivity contribution in [1.82, 2.24) is 0 Å². The van der Waals surface area contributed by atoms with Crippen molar-refractivity contribution in [3.63, 3.8) is 0 Å². The fourth-order valence-electron chi connectivity index (χ4n) is 2.74. The Hall–Kier alpha value is -3.46. The van der Waals surface area contributed by atoms with Crippen molar-refractivity contribution in [3.8, 4) is 17.6 Å². The molecule has 0 bridgehead atoms. The summed E-state index contributed by atoms with van der Waals surface area (Å²) in [4.78, 5) is 14.5. The van der Waals surface area contributed by atoms with E-state index >= 15 is 0 Å². The van der Waals surface area contributed by atoms with Crippen LogP contribution in [0, 0.1) is 11.3 Å². The molecule has 0 atom stereocenters. The number of rotatable bonds is 8. The van der Waals surface area contributed by atoms with Crippen LogP contribution in [0.25, 0.3) is 6.08 Å². The summed E-state index contributed by atoms with van der Waals surface area (Å²) < 4.78 is 5.36. The molecule has 0 fully saturated rings. The lowest BCUT2D eigenvalue weighted by Crippen LogP contribution is -2.21. The maximum absolute atomic E-state index is 12.4. The molecule has 0 unspecified atom stereocenters. The fraction of sp³-hybridized carbons (Fsp3) is 0.273. The van der Waals surface area contributed by atoms with Crippen LogP contribution >= 0.6 is 0 Å². The highest BCUT2D eigenvalue weighted by atomic mass is 16.5. The largest absolute Gasteiger partial charge is 0.507 e. The molecule has 0 aliphatic heterocycles. The van der Waals surface area contributed by atoms with Crippen molar-refractivity contribution in [2.24, 2.45) is 0 Å². The first kappa shape index (κ1) is 20.8. The van der Waals surface area contributed by atoms with Crippen LogP contribution in [0.15, 0.2) is 48.0 Å². The van der Waals surface area contributed by atoms with Crippen molar-refractivity contribution in [3.05, 3.63) is 53.6 Å². The standard InChI is InChI=1S/C22H25N3O3/c1-4-25(5-2)19-10-7-16(21(26)14-19)13-17(15-23)22(27)24-18-8-11-20(12-9-18)28-6-3/h7-14,26H,4-6H2,1-3H3,(H,24,27)/b17-13-. The minimum atomic E-state index is -0.543. The number of carbonyl (C=O) groups is 1. The second-order valence-electron chi connectivity index (χ2n) is 6.00. The van der Waals surface area contributed by atoms with Crippen molar-refractivity contribution in [1.29, 1.82) is 5.26 Å².